The molecular weight excluding hydrogens is 269 g/mol. The zero-order chi connectivity index (χ0) is 13.8. The second-order valence-corrected chi connectivity index (χ2v) is 4.85. The zero-order valence-corrected chi connectivity index (χ0v) is 11.5. The van der Waals surface area contributed by atoms with Gasteiger partial charge in [-0.25, -0.2) is 4.39 Å². The average molecular weight is 283 g/mol. The van der Waals surface area contributed by atoms with Gasteiger partial charge in [-0.05, 0) is 24.2 Å². The van der Waals surface area contributed by atoms with Crippen LogP contribution in [0, 0.1) is 12.7 Å². The predicted molar refractivity (Wildman–Crippen MR) is 69.8 cm³/mol. The highest BCUT2D eigenvalue weighted by Crippen LogP contribution is 2.35. The first-order chi connectivity index (χ1) is 9.10. The van der Waals surface area contributed by atoms with Crippen molar-refractivity contribution < 1.29 is 13.5 Å². The molecule has 2 aromatic rings. The Labute approximate surface area is 114 Å². The van der Waals surface area contributed by atoms with Gasteiger partial charge in [-0.1, -0.05) is 6.92 Å². The molecule has 0 amide bonds. The van der Waals surface area contributed by atoms with Gasteiger partial charge in [0.1, 0.15) is 0 Å². The van der Waals surface area contributed by atoms with E-state index in [0.29, 0.717) is 28.3 Å². The Balaban J connectivity index is 2.24. The van der Waals surface area contributed by atoms with Crippen LogP contribution in [0.1, 0.15) is 19.2 Å². The van der Waals surface area contributed by atoms with E-state index in [-0.39, 0.29) is 5.75 Å². The van der Waals surface area contributed by atoms with E-state index in [2.05, 4.69) is 10.2 Å². The van der Waals surface area contributed by atoms with Crippen molar-refractivity contribution in [2.45, 2.75) is 30.4 Å². The number of nitrogens with two attached hydrogens (primary N) is 1. The monoisotopic (exact) mass is 283 g/mol. The molecule has 19 heavy (non-hydrogen) atoms. The van der Waals surface area contributed by atoms with Crippen LogP contribution in [0.3, 0.4) is 0 Å². The van der Waals surface area contributed by atoms with Crippen LogP contribution in [-0.2, 0) is 0 Å². The topological polar surface area (TPSA) is 74.2 Å². The summed E-state index contributed by atoms with van der Waals surface area (Å²) in [6.45, 7) is 4.09. The summed E-state index contributed by atoms with van der Waals surface area (Å²) in [5, 5.41) is 7.93. The van der Waals surface area contributed by atoms with Crippen LogP contribution in [0.4, 0.5) is 10.1 Å². The summed E-state index contributed by atoms with van der Waals surface area (Å²) in [4.78, 5) is 0.621. The van der Waals surface area contributed by atoms with E-state index in [1.165, 1.54) is 17.8 Å². The Kier molecular flexibility index (Phi) is 4.26. The summed E-state index contributed by atoms with van der Waals surface area (Å²) in [7, 11) is 0. The molecule has 0 bridgehead atoms. The number of anilines is 1. The van der Waals surface area contributed by atoms with Gasteiger partial charge < -0.3 is 14.9 Å². The summed E-state index contributed by atoms with van der Waals surface area (Å²) in [5.74, 6) is 0.164. The zero-order valence-electron chi connectivity index (χ0n) is 10.6. The number of benzene rings is 1. The first kappa shape index (κ1) is 13.7. The van der Waals surface area contributed by atoms with Gasteiger partial charge in [0, 0.05) is 23.6 Å². The maximum absolute atomic E-state index is 13.6. The van der Waals surface area contributed by atoms with E-state index in [4.69, 9.17) is 14.9 Å². The van der Waals surface area contributed by atoms with Crippen molar-refractivity contribution in [1.82, 2.24) is 10.2 Å². The molecule has 7 heteroatoms. The van der Waals surface area contributed by atoms with Crippen molar-refractivity contribution in [3.63, 3.8) is 0 Å². The number of hydrogen-bond acceptors (Lipinski definition) is 6. The molecule has 102 valence electrons. The third-order valence-electron chi connectivity index (χ3n) is 2.23. The van der Waals surface area contributed by atoms with Crippen molar-refractivity contribution >= 4 is 17.4 Å². The molecule has 0 aliphatic rings. The van der Waals surface area contributed by atoms with Gasteiger partial charge in [0.2, 0.25) is 5.89 Å². The third-order valence-corrected chi connectivity index (χ3v) is 3.14. The van der Waals surface area contributed by atoms with Crippen molar-refractivity contribution in [1.29, 1.82) is 0 Å². The van der Waals surface area contributed by atoms with Gasteiger partial charge in [-0.2, -0.15) is 0 Å². The molecule has 1 heterocycles. The predicted octanol–water partition coefficient (Wildman–Crippen LogP) is 3.04. The van der Waals surface area contributed by atoms with Crippen LogP contribution in [0.2, 0.25) is 0 Å². The molecule has 0 aliphatic carbocycles. The summed E-state index contributed by atoms with van der Waals surface area (Å²) in [5.41, 5.74) is 6.07. The van der Waals surface area contributed by atoms with Crippen LogP contribution in [-0.4, -0.2) is 16.8 Å². The van der Waals surface area contributed by atoms with Crippen LogP contribution in [0.15, 0.2) is 26.7 Å². The number of halogens is 1. The Bertz CT molecular complexity index is 574. The molecule has 0 atom stereocenters. The summed E-state index contributed by atoms with van der Waals surface area (Å²) >= 11 is 1.18. The smallest absolute Gasteiger partial charge is 0.281 e. The molecule has 0 aliphatic heterocycles. The van der Waals surface area contributed by atoms with Gasteiger partial charge >= 0.3 is 0 Å². The number of nitrogens with zero attached hydrogens (tertiary/aromatic N) is 2. The molecule has 2 rings (SSSR count). The average Bonchev–Trinajstić information content (AvgIpc) is 2.77. The first-order valence-electron chi connectivity index (χ1n) is 5.80. The maximum atomic E-state index is 13.6. The highest BCUT2D eigenvalue weighted by atomic mass is 32.2. The molecular formula is C12H14FN3O2S. The van der Waals surface area contributed by atoms with E-state index in [9.17, 15) is 4.39 Å². The number of aromatic nitrogens is 2. The minimum absolute atomic E-state index is 0.176. The quantitative estimate of drug-likeness (QED) is 0.850. The number of nitrogen functional groups attached to an aromatic ring is 1. The largest absolute Gasteiger partial charge is 0.490 e. The van der Waals surface area contributed by atoms with Crippen LogP contribution in [0.25, 0.3) is 0 Å². The fourth-order valence-electron chi connectivity index (χ4n) is 1.37. The van der Waals surface area contributed by atoms with Gasteiger partial charge in [0.25, 0.3) is 5.22 Å². The standard InChI is InChI=1S/C12H14FN3O2S/c1-3-4-17-10-6-11(9(14)5-8(10)13)19-12-16-15-7(2)18-12/h5-6H,3-4,14H2,1-2H3. The Hall–Kier alpha value is -1.76. The van der Waals surface area contributed by atoms with Crippen molar-refractivity contribution in [3.8, 4) is 5.75 Å². The van der Waals surface area contributed by atoms with Gasteiger partial charge in [0.15, 0.2) is 11.6 Å². The van der Waals surface area contributed by atoms with E-state index in [1.807, 2.05) is 6.92 Å². The Morgan fingerprint density at radius 1 is 1.42 bits per heavy atom. The second kappa shape index (κ2) is 5.92. The summed E-state index contributed by atoms with van der Waals surface area (Å²) in [6.07, 6.45) is 0.801. The summed E-state index contributed by atoms with van der Waals surface area (Å²) < 4.78 is 24.2. The van der Waals surface area contributed by atoms with E-state index < -0.39 is 5.82 Å². The first-order valence-corrected chi connectivity index (χ1v) is 6.61. The minimum Gasteiger partial charge on any atom is -0.490 e. The minimum atomic E-state index is -0.475. The Morgan fingerprint density at radius 3 is 2.84 bits per heavy atom. The lowest BCUT2D eigenvalue weighted by molar-refractivity contribution is 0.300. The highest BCUT2D eigenvalue weighted by molar-refractivity contribution is 7.99. The molecule has 0 saturated heterocycles. The van der Waals surface area contributed by atoms with Crippen molar-refractivity contribution in [2.24, 2.45) is 0 Å². The molecule has 0 fully saturated rings. The fourth-order valence-corrected chi connectivity index (χ4v) is 2.15. The number of aryl methyl sites for hydroxylation is 1. The number of hydrogen-bond donors (Lipinski definition) is 1. The number of rotatable bonds is 5. The molecule has 0 spiro atoms. The SMILES string of the molecule is CCCOc1cc(Sc2nnc(C)o2)c(N)cc1F. The second-order valence-electron chi connectivity index (χ2n) is 3.86. The fraction of sp³-hybridized carbons (Fsp3) is 0.333. The van der Waals surface area contributed by atoms with Crippen LogP contribution >= 0.6 is 11.8 Å². The lowest BCUT2D eigenvalue weighted by atomic mass is 10.3. The number of ether oxygens (including phenoxy) is 1. The van der Waals surface area contributed by atoms with E-state index in [1.54, 1.807) is 13.0 Å². The highest BCUT2D eigenvalue weighted by Gasteiger charge is 2.13. The van der Waals surface area contributed by atoms with Crippen LogP contribution < -0.4 is 10.5 Å². The lowest BCUT2D eigenvalue weighted by Crippen LogP contribution is -1.99. The van der Waals surface area contributed by atoms with E-state index >= 15 is 0 Å². The molecule has 1 aromatic carbocycles. The lowest BCUT2D eigenvalue weighted by Gasteiger charge is -2.09. The van der Waals surface area contributed by atoms with Crippen molar-refractivity contribution in [2.75, 3.05) is 12.3 Å². The molecule has 0 saturated carbocycles. The van der Waals surface area contributed by atoms with Gasteiger partial charge in [-0.3, -0.25) is 0 Å². The molecule has 0 radical (unpaired) electrons. The normalized spacial score (nSPS) is 10.7. The molecule has 5 nitrogen and oxygen atoms in total. The molecule has 0 unspecified atom stereocenters. The van der Waals surface area contributed by atoms with E-state index in [0.717, 1.165) is 6.42 Å². The maximum Gasteiger partial charge on any atom is 0.281 e. The van der Waals surface area contributed by atoms with Gasteiger partial charge in [0.05, 0.1) is 6.61 Å². The Morgan fingerprint density at radius 2 is 2.21 bits per heavy atom. The third kappa shape index (κ3) is 3.37. The van der Waals surface area contributed by atoms with Crippen LogP contribution in [0.5, 0.6) is 5.75 Å². The molecule has 1 aromatic heterocycles. The molecule has 2 N–H and O–H groups in total. The van der Waals surface area contributed by atoms with Crippen molar-refractivity contribution in [3.05, 3.63) is 23.8 Å². The van der Waals surface area contributed by atoms with Gasteiger partial charge in [-0.15, -0.1) is 10.2 Å². The summed E-state index contributed by atoms with van der Waals surface area (Å²) in [6, 6.07) is 2.78.